The third kappa shape index (κ3) is 2.14. The van der Waals surface area contributed by atoms with Gasteiger partial charge in [0.15, 0.2) is 0 Å². The van der Waals surface area contributed by atoms with Crippen LogP contribution in [0.15, 0.2) is 0 Å². The number of nitrogens with zero attached hydrogens (tertiary/aromatic N) is 1. The minimum atomic E-state index is 0.331. The Morgan fingerprint density at radius 1 is 1.12 bits per heavy atom. The quantitative estimate of drug-likeness (QED) is 0.741. The van der Waals surface area contributed by atoms with Gasteiger partial charge in [0.2, 0.25) is 0 Å². The maximum atomic E-state index is 6.49. The van der Waals surface area contributed by atoms with Crippen molar-refractivity contribution in [2.45, 2.75) is 59.0 Å². The molecule has 1 aliphatic heterocycles. The van der Waals surface area contributed by atoms with Gasteiger partial charge in [-0.3, -0.25) is 4.90 Å². The van der Waals surface area contributed by atoms with Crippen LogP contribution in [0, 0.1) is 17.3 Å². The van der Waals surface area contributed by atoms with Crippen molar-refractivity contribution in [1.29, 1.82) is 0 Å². The standard InChI is InChI=1S/C14H28N2/c1-10-8-16(9-11(10)2)12-6-5-7-14(3,4)13(12)15/h10-13H,5-9,15H2,1-4H3. The zero-order chi connectivity index (χ0) is 11.9. The van der Waals surface area contributed by atoms with Crippen LogP contribution in [-0.2, 0) is 0 Å². The van der Waals surface area contributed by atoms with Gasteiger partial charge in [-0.25, -0.2) is 0 Å². The third-order valence-electron chi connectivity index (χ3n) is 5.12. The normalized spacial score (nSPS) is 44.8. The van der Waals surface area contributed by atoms with Crippen molar-refractivity contribution >= 4 is 0 Å². The molecule has 0 amide bonds. The van der Waals surface area contributed by atoms with E-state index in [0.29, 0.717) is 17.5 Å². The molecular weight excluding hydrogens is 196 g/mol. The molecule has 16 heavy (non-hydrogen) atoms. The van der Waals surface area contributed by atoms with Crippen molar-refractivity contribution in [3.05, 3.63) is 0 Å². The predicted octanol–water partition coefficient (Wildman–Crippen LogP) is 2.48. The number of rotatable bonds is 1. The summed E-state index contributed by atoms with van der Waals surface area (Å²) in [6, 6.07) is 0.995. The molecule has 0 spiro atoms. The summed E-state index contributed by atoms with van der Waals surface area (Å²) in [5, 5.41) is 0. The molecule has 1 aliphatic carbocycles. The molecule has 0 bridgehead atoms. The molecule has 94 valence electrons. The van der Waals surface area contributed by atoms with Gasteiger partial charge in [0.1, 0.15) is 0 Å². The molecule has 1 saturated heterocycles. The summed E-state index contributed by atoms with van der Waals surface area (Å²) in [5.41, 5.74) is 6.82. The summed E-state index contributed by atoms with van der Waals surface area (Å²) < 4.78 is 0. The van der Waals surface area contributed by atoms with Gasteiger partial charge in [-0.2, -0.15) is 0 Å². The largest absolute Gasteiger partial charge is 0.326 e. The van der Waals surface area contributed by atoms with Gasteiger partial charge in [-0.15, -0.1) is 0 Å². The topological polar surface area (TPSA) is 29.3 Å². The minimum absolute atomic E-state index is 0.331. The summed E-state index contributed by atoms with van der Waals surface area (Å²) in [4.78, 5) is 2.67. The van der Waals surface area contributed by atoms with Crippen molar-refractivity contribution in [2.75, 3.05) is 13.1 Å². The Hall–Kier alpha value is -0.0800. The second-order valence-corrected chi connectivity index (χ2v) is 6.88. The maximum Gasteiger partial charge on any atom is 0.0252 e. The monoisotopic (exact) mass is 224 g/mol. The van der Waals surface area contributed by atoms with Gasteiger partial charge in [-0.1, -0.05) is 34.1 Å². The van der Waals surface area contributed by atoms with Crippen LogP contribution in [-0.4, -0.2) is 30.1 Å². The average molecular weight is 224 g/mol. The number of hydrogen-bond acceptors (Lipinski definition) is 2. The van der Waals surface area contributed by atoms with Crippen molar-refractivity contribution in [1.82, 2.24) is 4.90 Å². The first-order chi connectivity index (χ1) is 7.42. The van der Waals surface area contributed by atoms with Gasteiger partial charge in [-0.05, 0) is 30.1 Å². The van der Waals surface area contributed by atoms with E-state index in [1.54, 1.807) is 0 Å². The molecule has 2 aliphatic rings. The van der Waals surface area contributed by atoms with Crippen LogP contribution in [0.1, 0.15) is 47.0 Å². The van der Waals surface area contributed by atoms with Gasteiger partial charge < -0.3 is 5.73 Å². The first-order valence-electron chi connectivity index (χ1n) is 6.91. The van der Waals surface area contributed by atoms with Crippen molar-refractivity contribution < 1.29 is 0 Å². The highest BCUT2D eigenvalue weighted by atomic mass is 15.2. The lowest BCUT2D eigenvalue weighted by Gasteiger charge is -2.45. The molecule has 1 heterocycles. The van der Waals surface area contributed by atoms with Crippen LogP contribution in [0.25, 0.3) is 0 Å². The maximum absolute atomic E-state index is 6.49. The highest BCUT2D eigenvalue weighted by molar-refractivity contribution is 4.98. The fourth-order valence-electron chi connectivity index (χ4n) is 3.49. The Balaban J connectivity index is 2.04. The van der Waals surface area contributed by atoms with Crippen LogP contribution < -0.4 is 5.73 Å². The molecule has 0 radical (unpaired) electrons. The average Bonchev–Trinajstić information content (AvgIpc) is 2.51. The molecule has 1 saturated carbocycles. The molecule has 2 heteroatoms. The summed E-state index contributed by atoms with van der Waals surface area (Å²) >= 11 is 0. The lowest BCUT2D eigenvalue weighted by atomic mass is 9.71. The lowest BCUT2D eigenvalue weighted by Crippen LogP contribution is -2.56. The summed E-state index contributed by atoms with van der Waals surface area (Å²) in [6.45, 7) is 12.0. The van der Waals surface area contributed by atoms with E-state index < -0.39 is 0 Å². The molecular formula is C14H28N2. The van der Waals surface area contributed by atoms with Crippen LogP contribution in [0.5, 0.6) is 0 Å². The Kier molecular flexibility index (Phi) is 3.33. The van der Waals surface area contributed by atoms with Crippen LogP contribution in [0.2, 0.25) is 0 Å². The molecule has 2 rings (SSSR count). The van der Waals surface area contributed by atoms with Gasteiger partial charge in [0, 0.05) is 25.2 Å². The van der Waals surface area contributed by atoms with Gasteiger partial charge in [0.05, 0.1) is 0 Å². The Labute approximate surface area is 101 Å². The zero-order valence-electron chi connectivity index (χ0n) is 11.4. The van der Waals surface area contributed by atoms with Crippen molar-refractivity contribution in [3.63, 3.8) is 0 Å². The smallest absolute Gasteiger partial charge is 0.0252 e. The summed E-state index contributed by atoms with van der Waals surface area (Å²) in [6.07, 6.45) is 3.96. The molecule has 4 unspecified atom stereocenters. The van der Waals surface area contributed by atoms with E-state index in [2.05, 4.69) is 32.6 Å². The molecule has 0 aromatic heterocycles. The van der Waals surface area contributed by atoms with Crippen molar-refractivity contribution in [3.8, 4) is 0 Å². The summed E-state index contributed by atoms with van der Waals surface area (Å²) in [5.74, 6) is 1.69. The van der Waals surface area contributed by atoms with E-state index >= 15 is 0 Å². The highest BCUT2D eigenvalue weighted by Gasteiger charge is 2.41. The van der Waals surface area contributed by atoms with Crippen LogP contribution in [0.4, 0.5) is 0 Å². The number of likely N-dealkylation sites (tertiary alicyclic amines) is 1. The van der Waals surface area contributed by atoms with Crippen LogP contribution in [0.3, 0.4) is 0 Å². The Morgan fingerprint density at radius 3 is 2.25 bits per heavy atom. The SMILES string of the molecule is CC1CN(C2CCCC(C)(C)C2N)CC1C. The fraction of sp³-hybridized carbons (Fsp3) is 1.00. The molecule has 0 aromatic carbocycles. The van der Waals surface area contributed by atoms with E-state index in [9.17, 15) is 0 Å². The van der Waals surface area contributed by atoms with Crippen LogP contribution >= 0.6 is 0 Å². The highest BCUT2D eigenvalue weighted by Crippen LogP contribution is 2.38. The van der Waals surface area contributed by atoms with Gasteiger partial charge >= 0.3 is 0 Å². The zero-order valence-corrected chi connectivity index (χ0v) is 11.4. The van der Waals surface area contributed by atoms with E-state index in [4.69, 9.17) is 5.73 Å². The van der Waals surface area contributed by atoms with E-state index in [0.717, 1.165) is 11.8 Å². The molecule has 0 aromatic rings. The second kappa shape index (κ2) is 4.30. The van der Waals surface area contributed by atoms with E-state index in [1.165, 1.54) is 32.4 Å². The molecule has 4 atom stereocenters. The molecule has 2 nitrogen and oxygen atoms in total. The Morgan fingerprint density at radius 2 is 1.69 bits per heavy atom. The second-order valence-electron chi connectivity index (χ2n) is 6.88. The van der Waals surface area contributed by atoms with Crippen molar-refractivity contribution in [2.24, 2.45) is 23.0 Å². The summed E-state index contributed by atoms with van der Waals surface area (Å²) in [7, 11) is 0. The fourth-order valence-corrected chi connectivity index (χ4v) is 3.49. The van der Waals surface area contributed by atoms with E-state index in [-0.39, 0.29) is 0 Å². The van der Waals surface area contributed by atoms with E-state index in [1.807, 2.05) is 0 Å². The first-order valence-corrected chi connectivity index (χ1v) is 6.91. The molecule has 2 fully saturated rings. The minimum Gasteiger partial charge on any atom is -0.326 e. The number of hydrogen-bond donors (Lipinski definition) is 1. The third-order valence-corrected chi connectivity index (χ3v) is 5.12. The molecule has 2 N–H and O–H groups in total. The lowest BCUT2D eigenvalue weighted by molar-refractivity contribution is 0.0803. The number of nitrogens with two attached hydrogens (primary N) is 1. The predicted molar refractivity (Wildman–Crippen MR) is 69.3 cm³/mol. The first kappa shape index (κ1) is 12.4. The Bertz CT molecular complexity index is 239. The van der Waals surface area contributed by atoms with Gasteiger partial charge in [0.25, 0.3) is 0 Å².